The van der Waals surface area contributed by atoms with Gasteiger partial charge in [0.1, 0.15) is 5.75 Å². The van der Waals surface area contributed by atoms with Gasteiger partial charge in [0.05, 0.1) is 6.61 Å². The zero-order valence-electron chi connectivity index (χ0n) is 12.0. The maximum atomic E-state index is 5.78. The second-order valence-electron chi connectivity index (χ2n) is 5.31. The number of hydrogen-bond donors (Lipinski definition) is 1. The van der Waals surface area contributed by atoms with Crippen LogP contribution in [0.15, 0.2) is 16.6 Å². The first-order chi connectivity index (χ1) is 9.24. The van der Waals surface area contributed by atoms with E-state index in [0.29, 0.717) is 6.04 Å². The SMILES string of the molecule is CCCC(CCC)NCc1cc(Br)cc2c1OCC2. The molecule has 0 saturated carbocycles. The van der Waals surface area contributed by atoms with Gasteiger partial charge in [0.25, 0.3) is 0 Å². The summed E-state index contributed by atoms with van der Waals surface area (Å²) in [5.74, 6) is 1.11. The van der Waals surface area contributed by atoms with Gasteiger partial charge in [-0.25, -0.2) is 0 Å². The molecule has 1 N–H and O–H groups in total. The summed E-state index contributed by atoms with van der Waals surface area (Å²) < 4.78 is 6.94. The maximum Gasteiger partial charge on any atom is 0.127 e. The Hall–Kier alpha value is -0.540. The molecule has 0 aromatic heterocycles. The number of hydrogen-bond acceptors (Lipinski definition) is 2. The summed E-state index contributed by atoms with van der Waals surface area (Å²) in [6.45, 7) is 6.24. The lowest BCUT2D eigenvalue weighted by Gasteiger charge is -2.18. The Labute approximate surface area is 125 Å². The van der Waals surface area contributed by atoms with Crippen LogP contribution in [-0.4, -0.2) is 12.6 Å². The van der Waals surface area contributed by atoms with Crippen molar-refractivity contribution in [2.75, 3.05) is 6.61 Å². The Morgan fingerprint density at radius 3 is 2.68 bits per heavy atom. The second kappa shape index (κ2) is 7.30. The van der Waals surface area contributed by atoms with Crippen LogP contribution in [0, 0.1) is 0 Å². The third-order valence-corrected chi connectivity index (χ3v) is 4.14. The molecule has 106 valence electrons. The van der Waals surface area contributed by atoms with E-state index in [2.05, 4.69) is 47.2 Å². The quantitative estimate of drug-likeness (QED) is 0.800. The van der Waals surface area contributed by atoms with Gasteiger partial charge < -0.3 is 10.1 Å². The lowest BCUT2D eigenvalue weighted by Crippen LogP contribution is -2.28. The predicted octanol–water partition coefficient (Wildman–Crippen LogP) is 4.44. The highest BCUT2D eigenvalue weighted by Gasteiger charge is 2.18. The van der Waals surface area contributed by atoms with Crippen LogP contribution in [-0.2, 0) is 13.0 Å². The Balaban J connectivity index is 2.02. The van der Waals surface area contributed by atoms with E-state index >= 15 is 0 Å². The van der Waals surface area contributed by atoms with E-state index in [1.807, 2.05) is 0 Å². The maximum absolute atomic E-state index is 5.78. The molecule has 0 bridgehead atoms. The number of rotatable bonds is 7. The van der Waals surface area contributed by atoms with E-state index in [1.54, 1.807) is 0 Å². The van der Waals surface area contributed by atoms with Crippen molar-refractivity contribution >= 4 is 15.9 Å². The van der Waals surface area contributed by atoms with Crippen LogP contribution in [0.5, 0.6) is 5.75 Å². The number of nitrogens with one attached hydrogen (secondary N) is 1. The summed E-state index contributed by atoms with van der Waals surface area (Å²) in [6, 6.07) is 5.00. The van der Waals surface area contributed by atoms with E-state index in [1.165, 1.54) is 36.8 Å². The monoisotopic (exact) mass is 325 g/mol. The molecule has 3 heteroatoms. The van der Waals surface area contributed by atoms with Gasteiger partial charge in [-0.05, 0) is 30.5 Å². The summed E-state index contributed by atoms with van der Waals surface area (Å²) in [5.41, 5.74) is 2.63. The first kappa shape index (κ1) is 14.9. The van der Waals surface area contributed by atoms with E-state index in [4.69, 9.17) is 4.74 Å². The molecule has 1 aromatic rings. The topological polar surface area (TPSA) is 21.3 Å². The van der Waals surface area contributed by atoms with Crippen LogP contribution >= 0.6 is 15.9 Å². The van der Waals surface area contributed by atoms with Gasteiger partial charge in [0, 0.05) is 29.0 Å². The fraction of sp³-hybridized carbons (Fsp3) is 0.625. The number of ether oxygens (including phenoxy) is 1. The van der Waals surface area contributed by atoms with Crippen molar-refractivity contribution in [3.8, 4) is 5.75 Å². The molecule has 0 unspecified atom stereocenters. The molecule has 0 spiro atoms. The minimum atomic E-state index is 0.631. The van der Waals surface area contributed by atoms with Crippen LogP contribution < -0.4 is 10.1 Å². The molecular formula is C16H24BrNO. The molecule has 19 heavy (non-hydrogen) atoms. The average Bonchev–Trinajstić information content (AvgIpc) is 2.84. The van der Waals surface area contributed by atoms with Crippen molar-refractivity contribution < 1.29 is 4.74 Å². The van der Waals surface area contributed by atoms with Crippen molar-refractivity contribution in [2.45, 2.75) is 58.5 Å². The summed E-state index contributed by atoms with van der Waals surface area (Å²) >= 11 is 3.60. The highest BCUT2D eigenvalue weighted by molar-refractivity contribution is 9.10. The molecule has 0 atom stereocenters. The molecule has 0 amide bonds. The first-order valence-corrected chi connectivity index (χ1v) is 8.21. The standard InChI is InChI=1S/C16H24BrNO/c1-3-5-15(6-4-2)18-11-13-10-14(17)9-12-7-8-19-16(12)13/h9-10,15,18H,3-8,11H2,1-2H3. The molecule has 2 rings (SSSR count). The van der Waals surface area contributed by atoms with Crippen LogP contribution in [0.4, 0.5) is 0 Å². The lowest BCUT2D eigenvalue weighted by atomic mass is 10.0. The Kier molecular flexibility index (Phi) is 5.71. The highest BCUT2D eigenvalue weighted by Crippen LogP contribution is 2.33. The fourth-order valence-corrected chi connectivity index (χ4v) is 3.33. The molecular weight excluding hydrogens is 302 g/mol. The van der Waals surface area contributed by atoms with Gasteiger partial charge >= 0.3 is 0 Å². The van der Waals surface area contributed by atoms with Gasteiger partial charge in [-0.15, -0.1) is 0 Å². The highest BCUT2D eigenvalue weighted by atomic mass is 79.9. The van der Waals surface area contributed by atoms with Crippen molar-refractivity contribution in [3.63, 3.8) is 0 Å². The number of benzene rings is 1. The molecule has 0 fully saturated rings. The van der Waals surface area contributed by atoms with Crippen LogP contribution in [0.3, 0.4) is 0 Å². The van der Waals surface area contributed by atoms with Gasteiger partial charge in [-0.2, -0.15) is 0 Å². The minimum Gasteiger partial charge on any atom is -0.493 e. The van der Waals surface area contributed by atoms with Crippen LogP contribution in [0.1, 0.15) is 50.7 Å². The minimum absolute atomic E-state index is 0.631. The second-order valence-corrected chi connectivity index (χ2v) is 6.22. The summed E-state index contributed by atoms with van der Waals surface area (Å²) in [4.78, 5) is 0. The summed E-state index contributed by atoms with van der Waals surface area (Å²) in [5, 5.41) is 3.69. The lowest BCUT2D eigenvalue weighted by molar-refractivity contribution is 0.350. The van der Waals surface area contributed by atoms with Gasteiger partial charge in [0.2, 0.25) is 0 Å². The van der Waals surface area contributed by atoms with E-state index in [9.17, 15) is 0 Å². The van der Waals surface area contributed by atoms with Gasteiger partial charge in [-0.1, -0.05) is 42.6 Å². The largest absolute Gasteiger partial charge is 0.493 e. The third kappa shape index (κ3) is 3.96. The molecule has 2 nitrogen and oxygen atoms in total. The Morgan fingerprint density at radius 2 is 2.00 bits per heavy atom. The molecule has 0 radical (unpaired) electrons. The third-order valence-electron chi connectivity index (χ3n) is 3.68. The van der Waals surface area contributed by atoms with Crippen molar-refractivity contribution in [2.24, 2.45) is 0 Å². The number of fused-ring (bicyclic) bond motifs is 1. The van der Waals surface area contributed by atoms with Gasteiger partial charge in [-0.3, -0.25) is 0 Å². The van der Waals surface area contributed by atoms with Crippen molar-refractivity contribution in [1.29, 1.82) is 0 Å². The summed E-state index contributed by atoms with van der Waals surface area (Å²) in [6.07, 6.45) is 6.03. The predicted molar refractivity (Wildman–Crippen MR) is 83.8 cm³/mol. The van der Waals surface area contributed by atoms with E-state index in [0.717, 1.165) is 29.8 Å². The normalized spacial score (nSPS) is 13.7. The summed E-state index contributed by atoms with van der Waals surface area (Å²) in [7, 11) is 0. The van der Waals surface area contributed by atoms with Crippen molar-refractivity contribution in [3.05, 3.63) is 27.7 Å². The van der Waals surface area contributed by atoms with Gasteiger partial charge in [0.15, 0.2) is 0 Å². The first-order valence-electron chi connectivity index (χ1n) is 7.42. The molecule has 0 saturated heterocycles. The van der Waals surface area contributed by atoms with Crippen LogP contribution in [0.2, 0.25) is 0 Å². The Bertz CT molecular complexity index is 413. The smallest absolute Gasteiger partial charge is 0.127 e. The molecule has 1 heterocycles. The van der Waals surface area contributed by atoms with Crippen molar-refractivity contribution in [1.82, 2.24) is 5.32 Å². The Morgan fingerprint density at radius 1 is 1.26 bits per heavy atom. The molecule has 0 aliphatic carbocycles. The molecule has 1 aliphatic rings. The molecule has 1 aromatic carbocycles. The fourth-order valence-electron chi connectivity index (χ4n) is 2.78. The average molecular weight is 326 g/mol. The molecule has 1 aliphatic heterocycles. The zero-order chi connectivity index (χ0) is 13.7. The zero-order valence-corrected chi connectivity index (χ0v) is 13.6. The van der Waals surface area contributed by atoms with E-state index < -0.39 is 0 Å². The van der Waals surface area contributed by atoms with Crippen LogP contribution in [0.25, 0.3) is 0 Å². The number of halogens is 1. The van der Waals surface area contributed by atoms with E-state index in [-0.39, 0.29) is 0 Å².